The van der Waals surface area contributed by atoms with Crippen LogP contribution in [0, 0.1) is 5.92 Å². The highest BCUT2D eigenvalue weighted by atomic mass is 28.4. The molecule has 1 heterocycles. The van der Waals surface area contributed by atoms with Gasteiger partial charge >= 0.3 is 5.97 Å². The SMILES string of the molecule is CCCCCCCCCCCC(CC1OC(=O)C1CCCCCC)O[Si](C(C)C)(C(C)C)C(C)C. The third kappa shape index (κ3) is 10.9. The molecule has 1 rings (SSSR count). The molecule has 208 valence electrons. The number of ether oxygens (including phenoxy) is 1. The second-order valence-electron chi connectivity index (χ2n) is 12.3. The van der Waals surface area contributed by atoms with Gasteiger partial charge in [-0.25, -0.2) is 0 Å². The van der Waals surface area contributed by atoms with Crippen molar-refractivity contribution in [2.75, 3.05) is 0 Å². The molecule has 0 saturated carbocycles. The first kappa shape index (κ1) is 32.7. The van der Waals surface area contributed by atoms with Crippen LogP contribution in [0.4, 0.5) is 0 Å². The van der Waals surface area contributed by atoms with E-state index in [0.717, 1.165) is 25.7 Å². The van der Waals surface area contributed by atoms with Crippen molar-refractivity contribution in [2.45, 2.75) is 187 Å². The summed E-state index contributed by atoms with van der Waals surface area (Å²) in [6.45, 7) is 18.8. The molecule has 35 heavy (non-hydrogen) atoms. The lowest BCUT2D eigenvalue weighted by atomic mass is 9.86. The average Bonchev–Trinajstić information content (AvgIpc) is 2.79. The van der Waals surface area contributed by atoms with Crippen molar-refractivity contribution < 1.29 is 14.0 Å². The van der Waals surface area contributed by atoms with Crippen LogP contribution >= 0.6 is 0 Å². The van der Waals surface area contributed by atoms with Crippen LogP contribution in [-0.2, 0) is 14.0 Å². The summed E-state index contributed by atoms with van der Waals surface area (Å²) in [5.41, 5.74) is 1.76. The van der Waals surface area contributed by atoms with Crippen molar-refractivity contribution in [3.8, 4) is 0 Å². The quantitative estimate of drug-likeness (QED) is 0.0825. The van der Waals surface area contributed by atoms with Gasteiger partial charge in [0.2, 0.25) is 8.32 Å². The number of esters is 1. The van der Waals surface area contributed by atoms with Crippen molar-refractivity contribution in [3.63, 3.8) is 0 Å². The maximum absolute atomic E-state index is 12.3. The molecule has 1 fully saturated rings. The zero-order chi connectivity index (χ0) is 26.3. The van der Waals surface area contributed by atoms with Crippen LogP contribution in [0.25, 0.3) is 0 Å². The van der Waals surface area contributed by atoms with E-state index in [1.807, 2.05) is 0 Å². The Balaban J connectivity index is 2.72. The average molecular weight is 511 g/mol. The molecule has 0 spiro atoms. The molecule has 1 aliphatic rings. The monoisotopic (exact) mass is 510 g/mol. The predicted octanol–water partition coefficient (Wildman–Crippen LogP) is 10.4. The summed E-state index contributed by atoms with van der Waals surface area (Å²) >= 11 is 0. The molecular formula is C31H62O3Si. The van der Waals surface area contributed by atoms with E-state index in [-0.39, 0.29) is 24.1 Å². The van der Waals surface area contributed by atoms with Crippen LogP contribution in [0.3, 0.4) is 0 Å². The van der Waals surface area contributed by atoms with Crippen molar-refractivity contribution in [3.05, 3.63) is 0 Å². The first-order valence-corrected chi connectivity index (χ1v) is 17.7. The zero-order valence-electron chi connectivity index (χ0n) is 25.0. The fourth-order valence-electron chi connectivity index (χ4n) is 6.57. The molecule has 0 aromatic carbocycles. The summed E-state index contributed by atoms with van der Waals surface area (Å²) in [6.07, 6.45) is 20.4. The first-order chi connectivity index (χ1) is 16.7. The minimum atomic E-state index is -1.96. The minimum absolute atomic E-state index is 0.0356. The molecule has 3 nitrogen and oxygen atoms in total. The molecule has 0 radical (unpaired) electrons. The highest BCUT2D eigenvalue weighted by Gasteiger charge is 2.48. The Morgan fingerprint density at radius 3 is 1.63 bits per heavy atom. The topological polar surface area (TPSA) is 35.5 Å². The smallest absolute Gasteiger partial charge is 0.313 e. The van der Waals surface area contributed by atoms with E-state index in [1.165, 1.54) is 77.0 Å². The lowest BCUT2D eigenvalue weighted by Gasteiger charge is -2.46. The van der Waals surface area contributed by atoms with Gasteiger partial charge in [0.25, 0.3) is 0 Å². The van der Waals surface area contributed by atoms with E-state index < -0.39 is 8.32 Å². The number of cyclic esters (lactones) is 1. The molecular weight excluding hydrogens is 448 g/mol. The van der Waals surface area contributed by atoms with Crippen molar-refractivity contribution in [2.24, 2.45) is 5.92 Å². The number of hydrogen-bond donors (Lipinski definition) is 0. The van der Waals surface area contributed by atoms with E-state index >= 15 is 0 Å². The van der Waals surface area contributed by atoms with Crippen LogP contribution < -0.4 is 0 Å². The van der Waals surface area contributed by atoms with Crippen LogP contribution in [0.1, 0.15) is 158 Å². The summed E-state index contributed by atoms with van der Waals surface area (Å²) in [7, 11) is -1.96. The zero-order valence-corrected chi connectivity index (χ0v) is 26.0. The van der Waals surface area contributed by atoms with Gasteiger partial charge in [-0.05, 0) is 29.5 Å². The Kier molecular flexibility index (Phi) is 16.8. The first-order valence-electron chi connectivity index (χ1n) is 15.6. The molecule has 0 aliphatic carbocycles. The number of rotatable bonds is 22. The lowest BCUT2D eigenvalue weighted by molar-refractivity contribution is -0.188. The summed E-state index contributed by atoms with van der Waals surface area (Å²) in [4.78, 5) is 12.3. The summed E-state index contributed by atoms with van der Waals surface area (Å²) < 4.78 is 13.0. The van der Waals surface area contributed by atoms with Gasteiger partial charge in [0.05, 0.1) is 5.92 Å². The van der Waals surface area contributed by atoms with E-state index in [4.69, 9.17) is 9.16 Å². The molecule has 0 amide bonds. The second kappa shape index (κ2) is 18.0. The molecule has 1 saturated heterocycles. The fraction of sp³-hybridized carbons (Fsp3) is 0.968. The Morgan fingerprint density at radius 1 is 0.714 bits per heavy atom. The molecule has 4 heteroatoms. The molecule has 0 bridgehead atoms. The summed E-state index contributed by atoms with van der Waals surface area (Å²) in [5, 5.41) is 0. The highest BCUT2D eigenvalue weighted by molar-refractivity contribution is 6.77. The van der Waals surface area contributed by atoms with E-state index in [2.05, 4.69) is 55.4 Å². The molecule has 3 unspecified atom stereocenters. The minimum Gasteiger partial charge on any atom is -0.461 e. The van der Waals surface area contributed by atoms with Gasteiger partial charge in [0, 0.05) is 12.5 Å². The Hall–Kier alpha value is -0.353. The Bertz CT molecular complexity index is 524. The number of unbranched alkanes of at least 4 members (excludes halogenated alkanes) is 11. The molecule has 1 aliphatic heterocycles. The van der Waals surface area contributed by atoms with Crippen LogP contribution in [0.15, 0.2) is 0 Å². The van der Waals surface area contributed by atoms with Crippen LogP contribution in [-0.4, -0.2) is 26.5 Å². The molecule has 0 aromatic heterocycles. The van der Waals surface area contributed by atoms with Crippen LogP contribution in [0.2, 0.25) is 16.6 Å². The fourth-order valence-corrected chi connectivity index (χ4v) is 12.2. The largest absolute Gasteiger partial charge is 0.461 e. The third-order valence-corrected chi connectivity index (χ3v) is 14.7. The van der Waals surface area contributed by atoms with Gasteiger partial charge in [0.1, 0.15) is 6.10 Å². The number of carbonyl (C=O) groups excluding carboxylic acids is 1. The highest BCUT2D eigenvalue weighted by Crippen LogP contribution is 2.44. The molecule has 3 atom stereocenters. The predicted molar refractivity (Wildman–Crippen MR) is 155 cm³/mol. The second-order valence-corrected chi connectivity index (χ2v) is 17.7. The van der Waals surface area contributed by atoms with Crippen LogP contribution in [0.5, 0.6) is 0 Å². The third-order valence-electron chi connectivity index (χ3n) is 8.59. The van der Waals surface area contributed by atoms with E-state index in [0.29, 0.717) is 16.6 Å². The van der Waals surface area contributed by atoms with Crippen molar-refractivity contribution in [1.82, 2.24) is 0 Å². The van der Waals surface area contributed by atoms with Crippen molar-refractivity contribution >= 4 is 14.3 Å². The Morgan fingerprint density at radius 2 is 1.17 bits per heavy atom. The number of hydrogen-bond acceptors (Lipinski definition) is 3. The van der Waals surface area contributed by atoms with E-state index in [1.54, 1.807) is 0 Å². The van der Waals surface area contributed by atoms with E-state index in [9.17, 15) is 4.79 Å². The summed E-state index contributed by atoms with van der Waals surface area (Å²) in [5.74, 6) is 0.141. The van der Waals surface area contributed by atoms with Gasteiger partial charge in [0.15, 0.2) is 0 Å². The maximum Gasteiger partial charge on any atom is 0.313 e. The molecule has 0 N–H and O–H groups in total. The summed E-state index contributed by atoms with van der Waals surface area (Å²) in [6, 6.07) is 0. The maximum atomic E-state index is 12.3. The van der Waals surface area contributed by atoms with Gasteiger partial charge in [-0.1, -0.05) is 139 Å². The number of carbonyl (C=O) groups is 1. The van der Waals surface area contributed by atoms with Gasteiger partial charge in [-0.3, -0.25) is 4.79 Å². The van der Waals surface area contributed by atoms with Gasteiger partial charge < -0.3 is 9.16 Å². The van der Waals surface area contributed by atoms with Crippen molar-refractivity contribution in [1.29, 1.82) is 0 Å². The normalized spacial score (nSPS) is 19.5. The molecule has 0 aromatic rings. The Labute approximate surface area is 221 Å². The van der Waals surface area contributed by atoms with Gasteiger partial charge in [-0.15, -0.1) is 0 Å². The van der Waals surface area contributed by atoms with Gasteiger partial charge in [-0.2, -0.15) is 0 Å². The standard InChI is InChI=1S/C31H62O3Si/c1-9-11-13-15-16-17-18-19-20-22-28(34-35(25(3)4,26(5)6)27(7)8)24-30-29(31(32)33-30)23-21-14-12-10-2/h25-30H,9-24H2,1-8H3. The lowest BCUT2D eigenvalue weighted by Crippen LogP contribution is -2.52.